The number of hydrogen-bond donors (Lipinski definition) is 0. The van der Waals surface area contributed by atoms with Gasteiger partial charge in [0.25, 0.3) is 5.69 Å². The molecule has 0 spiro atoms. The van der Waals surface area contributed by atoms with Gasteiger partial charge in [0.2, 0.25) is 0 Å². The second-order valence-electron chi connectivity index (χ2n) is 3.28. The van der Waals surface area contributed by atoms with E-state index in [0.717, 1.165) is 6.07 Å². The molecular weight excluding hydrogens is 233 g/mol. The molecule has 0 atom stereocenters. The number of halogens is 2. The maximum absolute atomic E-state index is 13.1. The fourth-order valence-electron chi connectivity index (χ4n) is 1.32. The van der Waals surface area contributed by atoms with Crippen LogP contribution < -0.4 is 0 Å². The van der Waals surface area contributed by atoms with Crippen molar-refractivity contribution in [1.29, 1.82) is 0 Å². The van der Waals surface area contributed by atoms with Crippen molar-refractivity contribution in [3.63, 3.8) is 0 Å². The van der Waals surface area contributed by atoms with Crippen molar-refractivity contribution >= 4 is 23.4 Å². The second-order valence-corrected chi connectivity index (χ2v) is 3.65. The summed E-state index contributed by atoms with van der Waals surface area (Å²) in [4.78, 5) is 10.1. The van der Waals surface area contributed by atoms with Crippen LogP contribution in [0, 0.1) is 22.9 Å². The van der Waals surface area contributed by atoms with Gasteiger partial charge in [-0.05, 0) is 25.0 Å². The number of hydrogen-bond acceptors (Lipinski definition) is 2. The molecule has 0 unspecified atom stereocenters. The number of allylic oxidation sites excluding steroid dienone is 1. The van der Waals surface area contributed by atoms with E-state index in [1.165, 1.54) is 6.07 Å². The Hall–Kier alpha value is -1.42. The average molecular weight is 244 g/mol. The van der Waals surface area contributed by atoms with Gasteiger partial charge in [-0.2, -0.15) is 0 Å². The van der Waals surface area contributed by atoms with E-state index in [1.807, 2.05) is 0 Å². The van der Waals surface area contributed by atoms with Crippen LogP contribution in [0.4, 0.5) is 10.1 Å². The summed E-state index contributed by atoms with van der Waals surface area (Å²) in [6.45, 7) is 1.60. The Bertz CT molecular complexity index is 432. The first kappa shape index (κ1) is 12.6. The van der Waals surface area contributed by atoms with Gasteiger partial charge in [0.15, 0.2) is 0 Å². The zero-order valence-electron chi connectivity index (χ0n) is 8.74. The molecule has 16 heavy (non-hydrogen) atoms. The Labute approximate surface area is 97.7 Å². The van der Waals surface area contributed by atoms with Gasteiger partial charge >= 0.3 is 0 Å². The van der Waals surface area contributed by atoms with E-state index in [9.17, 15) is 14.5 Å². The molecule has 0 bridgehead atoms. The minimum Gasteiger partial charge on any atom is -0.258 e. The standard InChI is InChI=1S/C11H11ClFNO2/c1-8-9(4-2-3-5-12)6-10(13)7-11(8)14(15)16/h2,4,6-7H,3,5H2,1H3. The van der Waals surface area contributed by atoms with Gasteiger partial charge in [-0.25, -0.2) is 4.39 Å². The van der Waals surface area contributed by atoms with Gasteiger partial charge in [0.05, 0.1) is 11.0 Å². The highest BCUT2D eigenvalue weighted by Crippen LogP contribution is 2.24. The van der Waals surface area contributed by atoms with Crippen molar-refractivity contribution in [1.82, 2.24) is 0 Å². The molecule has 0 aliphatic rings. The summed E-state index contributed by atoms with van der Waals surface area (Å²) in [5, 5.41) is 10.6. The van der Waals surface area contributed by atoms with Crippen molar-refractivity contribution in [3.8, 4) is 0 Å². The topological polar surface area (TPSA) is 43.1 Å². The van der Waals surface area contributed by atoms with Crippen LogP contribution in [0.5, 0.6) is 0 Å². The van der Waals surface area contributed by atoms with Gasteiger partial charge in [-0.3, -0.25) is 10.1 Å². The third kappa shape index (κ3) is 3.03. The summed E-state index contributed by atoms with van der Waals surface area (Å²) in [5.74, 6) is -0.143. The summed E-state index contributed by atoms with van der Waals surface area (Å²) in [6.07, 6.45) is 4.05. The van der Waals surface area contributed by atoms with Crippen molar-refractivity contribution in [3.05, 3.63) is 45.3 Å². The number of nitrogens with zero attached hydrogens (tertiary/aromatic N) is 1. The summed E-state index contributed by atoms with van der Waals surface area (Å²) in [5.41, 5.74) is 0.763. The number of benzene rings is 1. The minimum atomic E-state index is -0.608. The van der Waals surface area contributed by atoms with Crippen molar-refractivity contribution in [2.45, 2.75) is 13.3 Å². The summed E-state index contributed by atoms with van der Waals surface area (Å²) in [6, 6.07) is 2.20. The van der Waals surface area contributed by atoms with Crippen LogP contribution in [0.3, 0.4) is 0 Å². The van der Waals surface area contributed by atoms with Crippen LogP contribution in [0.15, 0.2) is 18.2 Å². The van der Waals surface area contributed by atoms with Crippen LogP contribution in [0.1, 0.15) is 17.5 Å². The molecule has 0 saturated carbocycles. The van der Waals surface area contributed by atoms with Gasteiger partial charge in [0.1, 0.15) is 5.82 Å². The van der Waals surface area contributed by atoms with Crippen LogP contribution in [-0.4, -0.2) is 10.8 Å². The zero-order valence-corrected chi connectivity index (χ0v) is 9.50. The molecule has 5 heteroatoms. The third-order valence-electron chi connectivity index (χ3n) is 2.16. The Kier molecular flexibility index (Phi) is 4.43. The summed E-state index contributed by atoms with van der Waals surface area (Å²) < 4.78 is 13.1. The Balaban J connectivity index is 3.14. The molecule has 1 aromatic carbocycles. The largest absolute Gasteiger partial charge is 0.275 e. The Morgan fingerprint density at radius 3 is 2.81 bits per heavy atom. The smallest absolute Gasteiger partial charge is 0.258 e. The first-order chi connectivity index (χ1) is 7.56. The lowest BCUT2D eigenvalue weighted by atomic mass is 10.1. The number of nitro groups is 1. The molecule has 0 N–H and O–H groups in total. The molecule has 3 nitrogen and oxygen atoms in total. The highest BCUT2D eigenvalue weighted by Gasteiger charge is 2.14. The number of alkyl halides is 1. The SMILES string of the molecule is Cc1c(C=CCCCl)cc(F)cc1[N+](=O)[O-]. The maximum Gasteiger partial charge on any atom is 0.275 e. The third-order valence-corrected chi connectivity index (χ3v) is 2.37. The zero-order chi connectivity index (χ0) is 12.1. The van der Waals surface area contributed by atoms with Crippen molar-refractivity contribution in [2.75, 3.05) is 5.88 Å². The average Bonchev–Trinajstić information content (AvgIpc) is 2.22. The van der Waals surface area contributed by atoms with E-state index >= 15 is 0 Å². The Morgan fingerprint density at radius 2 is 2.25 bits per heavy atom. The van der Waals surface area contributed by atoms with E-state index in [0.29, 0.717) is 23.4 Å². The van der Waals surface area contributed by atoms with Crippen LogP contribution in [0.25, 0.3) is 6.08 Å². The molecule has 0 aliphatic carbocycles. The normalized spacial score (nSPS) is 10.9. The molecule has 0 fully saturated rings. The maximum atomic E-state index is 13.1. The number of nitro benzene ring substituents is 1. The van der Waals surface area contributed by atoms with Crippen LogP contribution in [-0.2, 0) is 0 Å². The molecular formula is C11H11ClFNO2. The molecule has 0 saturated heterocycles. The molecule has 1 rings (SSSR count). The van der Waals surface area contributed by atoms with Crippen LogP contribution >= 0.6 is 11.6 Å². The fourth-order valence-corrected chi connectivity index (χ4v) is 1.45. The lowest BCUT2D eigenvalue weighted by Crippen LogP contribution is -1.95. The second kappa shape index (κ2) is 5.61. The van der Waals surface area contributed by atoms with E-state index in [4.69, 9.17) is 11.6 Å². The molecule has 0 aromatic heterocycles. The van der Waals surface area contributed by atoms with Gasteiger partial charge in [-0.15, -0.1) is 11.6 Å². The molecule has 1 aromatic rings. The predicted octanol–water partition coefficient (Wildman–Crippen LogP) is 3.68. The summed E-state index contributed by atoms with van der Waals surface area (Å²) in [7, 11) is 0. The van der Waals surface area contributed by atoms with Gasteiger partial charge in [-0.1, -0.05) is 12.2 Å². The molecule has 86 valence electrons. The van der Waals surface area contributed by atoms with Gasteiger partial charge < -0.3 is 0 Å². The first-order valence-corrected chi connectivity index (χ1v) is 5.26. The fraction of sp³-hybridized carbons (Fsp3) is 0.273. The highest BCUT2D eigenvalue weighted by molar-refractivity contribution is 6.17. The quantitative estimate of drug-likeness (QED) is 0.460. The molecule has 0 heterocycles. The van der Waals surface area contributed by atoms with Crippen molar-refractivity contribution in [2.24, 2.45) is 0 Å². The summed E-state index contributed by atoms with van der Waals surface area (Å²) >= 11 is 5.49. The molecule has 0 amide bonds. The van der Waals surface area contributed by atoms with Gasteiger partial charge in [0, 0.05) is 11.4 Å². The van der Waals surface area contributed by atoms with Crippen LogP contribution in [0.2, 0.25) is 0 Å². The van der Waals surface area contributed by atoms with E-state index in [1.54, 1.807) is 19.1 Å². The number of rotatable bonds is 4. The van der Waals surface area contributed by atoms with E-state index in [-0.39, 0.29) is 5.69 Å². The molecule has 0 radical (unpaired) electrons. The monoisotopic (exact) mass is 243 g/mol. The Morgan fingerprint density at radius 1 is 1.56 bits per heavy atom. The lowest BCUT2D eigenvalue weighted by Gasteiger charge is -2.02. The highest BCUT2D eigenvalue weighted by atomic mass is 35.5. The minimum absolute atomic E-state index is 0.203. The van der Waals surface area contributed by atoms with E-state index in [2.05, 4.69) is 0 Å². The predicted molar refractivity (Wildman–Crippen MR) is 62.2 cm³/mol. The molecule has 0 aliphatic heterocycles. The van der Waals surface area contributed by atoms with E-state index < -0.39 is 10.7 Å². The van der Waals surface area contributed by atoms with Crippen molar-refractivity contribution < 1.29 is 9.31 Å². The first-order valence-electron chi connectivity index (χ1n) is 4.73. The lowest BCUT2D eigenvalue weighted by molar-refractivity contribution is -0.385.